The Morgan fingerprint density at radius 1 is 1.62 bits per heavy atom. The van der Waals surface area contributed by atoms with Crippen LogP contribution in [0.3, 0.4) is 0 Å². The SMILES string of the molecule is Cc1cc(C(=O)NCCC2CN(CC(C)C)CCO2)n[nH]1. The van der Waals surface area contributed by atoms with E-state index in [1.807, 2.05) is 6.92 Å². The summed E-state index contributed by atoms with van der Waals surface area (Å²) < 4.78 is 5.77. The molecule has 0 aliphatic carbocycles. The van der Waals surface area contributed by atoms with Gasteiger partial charge in [-0.3, -0.25) is 14.8 Å². The van der Waals surface area contributed by atoms with E-state index in [4.69, 9.17) is 4.74 Å². The van der Waals surface area contributed by atoms with Gasteiger partial charge in [0.2, 0.25) is 0 Å². The first-order valence-electron chi connectivity index (χ1n) is 7.68. The van der Waals surface area contributed by atoms with Crippen molar-refractivity contribution in [3.63, 3.8) is 0 Å². The van der Waals surface area contributed by atoms with Crippen molar-refractivity contribution in [1.29, 1.82) is 0 Å². The fraction of sp³-hybridized carbons (Fsp3) is 0.733. The monoisotopic (exact) mass is 294 g/mol. The number of aromatic nitrogens is 2. The number of ether oxygens (including phenoxy) is 1. The highest BCUT2D eigenvalue weighted by atomic mass is 16.5. The number of nitrogens with one attached hydrogen (secondary N) is 2. The molecular weight excluding hydrogens is 268 g/mol. The Balaban J connectivity index is 1.69. The maximum Gasteiger partial charge on any atom is 0.271 e. The van der Waals surface area contributed by atoms with Gasteiger partial charge >= 0.3 is 0 Å². The molecule has 6 nitrogen and oxygen atoms in total. The second-order valence-electron chi connectivity index (χ2n) is 6.13. The van der Waals surface area contributed by atoms with Gasteiger partial charge in [-0.05, 0) is 25.3 Å². The third kappa shape index (κ3) is 5.13. The van der Waals surface area contributed by atoms with E-state index in [-0.39, 0.29) is 12.0 Å². The Morgan fingerprint density at radius 2 is 2.43 bits per heavy atom. The molecule has 2 rings (SSSR count). The highest BCUT2D eigenvalue weighted by Crippen LogP contribution is 2.10. The summed E-state index contributed by atoms with van der Waals surface area (Å²) in [6, 6.07) is 1.75. The first-order chi connectivity index (χ1) is 10.0. The average molecular weight is 294 g/mol. The van der Waals surface area contributed by atoms with Gasteiger partial charge in [0.25, 0.3) is 5.91 Å². The molecule has 0 saturated carbocycles. The van der Waals surface area contributed by atoms with Gasteiger partial charge in [0.1, 0.15) is 5.69 Å². The molecule has 21 heavy (non-hydrogen) atoms. The predicted molar refractivity (Wildman–Crippen MR) is 81.3 cm³/mol. The molecular formula is C15H26N4O2. The number of rotatable bonds is 6. The molecule has 2 N–H and O–H groups in total. The van der Waals surface area contributed by atoms with E-state index in [0.717, 1.165) is 38.4 Å². The lowest BCUT2D eigenvalue weighted by molar-refractivity contribution is -0.0344. The van der Waals surface area contributed by atoms with Crippen molar-refractivity contribution in [2.24, 2.45) is 5.92 Å². The summed E-state index contributed by atoms with van der Waals surface area (Å²) in [5.41, 5.74) is 1.33. The van der Waals surface area contributed by atoms with Crippen molar-refractivity contribution in [3.8, 4) is 0 Å². The van der Waals surface area contributed by atoms with Gasteiger partial charge in [0, 0.05) is 31.9 Å². The summed E-state index contributed by atoms with van der Waals surface area (Å²) >= 11 is 0. The van der Waals surface area contributed by atoms with E-state index in [2.05, 4.69) is 34.3 Å². The van der Waals surface area contributed by atoms with E-state index in [1.165, 1.54) is 0 Å². The van der Waals surface area contributed by atoms with Gasteiger partial charge in [-0.15, -0.1) is 0 Å². The van der Waals surface area contributed by atoms with E-state index in [9.17, 15) is 4.79 Å². The Bertz CT molecular complexity index is 458. The number of aromatic amines is 1. The first-order valence-corrected chi connectivity index (χ1v) is 7.68. The van der Waals surface area contributed by atoms with E-state index in [0.29, 0.717) is 18.2 Å². The zero-order valence-electron chi connectivity index (χ0n) is 13.2. The fourth-order valence-corrected chi connectivity index (χ4v) is 2.61. The molecule has 1 amide bonds. The lowest BCUT2D eigenvalue weighted by Crippen LogP contribution is -2.45. The highest BCUT2D eigenvalue weighted by molar-refractivity contribution is 5.92. The largest absolute Gasteiger partial charge is 0.375 e. The molecule has 1 aliphatic heterocycles. The summed E-state index contributed by atoms with van der Waals surface area (Å²) in [7, 11) is 0. The highest BCUT2D eigenvalue weighted by Gasteiger charge is 2.21. The summed E-state index contributed by atoms with van der Waals surface area (Å²) in [6.45, 7) is 10.8. The fourth-order valence-electron chi connectivity index (χ4n) is 2.61. The van der Waals surface area contributed by atoms with Crippen LogP contribution in [0.15, 0.2) is 6.07 Å². The van der Waals surface area contributed by atoms with Gasteiger partial charge in [0.15, 0.2) is 0 Å². The normalized spacial score (nSPS) is 19.9. The molecule has 6 heteroatoms. The molecule has 1 aliphatic rings. The number of hydrogen-bond acceptors (Lipinski definition) is 4. The van der Waals surface area contributed by atoms with Crippen LogP contribution in [0.5, 0.6) is 0 Å². The van der Waals surface area contributed by atoms with Crippen LogP contribution in [0.4, 0.5) is 0 Å². The number of nitrogens with zero attached hydrogens (tertiary/aromatic N) is 2. The third-order valence-electron chi connectivity index (χ3n) is 3.54. The smallest absolute Gasteiger partial charge is 0.271 e. The number of hydrogen-bond donors (Lipinski definition) is 2. The van der Waals surface area contributed by atoms with Gasteiger partial charge in [-0.2, -0.15) is 5.10 Å². The standard InChI is InChI=1S/C15H26N4O2/c1-11(2)9-19-6-7-21-13(10-19)4-5-16-15(20)14-8-12(3)17-18-14/h8,11,13H,4-7,9-10H2,1-3H3,(H,16,20)(H,17,18). The minimum absolute atomic E-state index is 0.130. The average Bonchev–Trinajstić information content (AvgIpc) is 2.85. The third-order valence-corrected chi connectivity index (χ3v) is 3.54. The number of H-pyrrole nitrogens is 1. The number of morpholine rings is 1. The Kier molecular flexibility index (Phi) is 5.76. The van der Waals surface area contributed by atoms with Crippen LogP contribution in [0.2, 0.25) is 0 Å². The molecule has 1 fully saturated rings. The van der Waals surface area contributed by atoms with Gasteiger partial charge < -0.3 is 10.1 Å². The Labute approximate surface area is 126 Å². The summed E-state index contributed by atoms with van der Waals surface area (Å²) in [4.78, 5) is 14.3. The van der Waals surface area contributed by atoms with Crippen molar-refractivity contribution in [2.75, 3.05) is 32.8 Å². The number of carbonyl (C=O) groups excluding carboxylic acids is 1. The van der Waals surface area contributed by atoms with Crippen molar-refractivity contribution in [3.05, 3.63) is 17.5 Å². The molecule has 0 spiro atoms. The molecule has 1 aromatic heterocycles. The molecule has 1 aromatic rings. The lowest BCUT2D eigenvalue weighted by Gasteiger charge is -2.33. The maximum absolute atomic E-state index is 11.9. The van der Waals surface area contributed by atoms with E-state index < -0.39 is 0 Å². The zero-order chi connectivity index (χ0) is 15.2. The van der Waals surface area contributed by atoms with Crippen LogP contribution in [-0.4, -0.2) is 59.9 Å². The molecule has 118 valence electrons. The van der Waals surface area contributed by atoms with Crippen molar-refractivity contribution in [1.82, 2.24) is 20.4 Å². The van der Waals surface area contributed by atoms with Crippen molar-refractivity contribution >= 4 is 5.91 Å². The topological polar surface area (TPSA) is 70.2 Å². The lowest BCUT2D eigenvalue weighted by atomic mass is 10.1. The quantitative estimate of drug-likeness (QED) is 0.827. The zero-order valence-corrected chi connectivity index (χ0v) is 13.2. The van der Waals surface area contributed by atoms with Gasteiger partial charge in [0.05, 0.1) is 12.7 Å². The molecule has 1 unspecified atom stereocenters. The summed E-state index contributed by atoms with van der Waals surface area (Å²) in [5, 5.41) is 9.62. The maximum atomic E-state index is 11.9. The minimum atomic E-state index is -0.130. The van der Waals surface area contributed by atoms with Crippen LogP contribution >= 0.6 is 0 Å². The minimum Gasteiger partial charge on any atom is -0.375 e. The predicted octanol–water partition coefficient (Wildman–Crippen LogP) is 1.19. The molecule has 2 heterocycles. The number of carbonyl (C=O) groups is 1. The molecule has 0 aromatic carbocycles. The van der Waals surface area contributed by atoms with Crippen LogP contribution in [0.25, 0.3) is 0 Å². The Morgan fingerprint density at radius 3 is 3.10 bits per heavy atom. The van der Waals surface area contributed by atoms with E-state index >= 15 is 0 Å². The van der Waals surface area contributed by atoms with Crippen LogP contribution in [-0.2, 0) is 4.74 Å². The molecule has 0 bridgehead atoms. The van der Waals surface area contributed by atoms with Crippen molar-refractivity contribution < 1.29 is 9.53 Å². The van der Waals surface area contributed by atoms with Crippen LogP contribution in [0.1, 0.15) is 36.5 Å². The molecule has 0 radical (unpaired) electrons. The van der Waals surface area contributed by atoms with Gasteiger partial charge in [-0.1, -0.05) is 13.8 Å². The van der Waals surface area contributed by atoms with E-state index in [1.54, 1.807) is 6.07 Å². The number of amides is 1. The molecule has 1 saturated heterocycles. The number of aryl methyl sites for hydroxylation is 1. The van der Waals surface area contributed by atoms with Gasteiger partial charge in [-0.25, -0.2) is 0 Å². The second kappa shape index (κ2) is 7.56. The van der Waals surface area contributed by atoms with Crippen molar-refractivity contribution in [2.45, 2.75) is 33.3 Å². The molecule has 1 atom stereocenters. The van der Waals surface area contributed by atoms with Crippen LogP contribution in [0, 0.1) is 12.8 Å². The second-order valence-corrected chi connectivity index (χ2v) is 6.13. The summed E-state index contributed by atoms with van der Waals surface area (Å²) in [6.07, 6.45) is 1.04. The van der Waals surface area contributed by atoms with Crippen LogP contribution < -0.4 is 5.32 Å². The Hall–Kier alpha value is -1.40. The summed E-state index contributed by atoms with van der Waals surface area (Å²) in [5.74, 6) is 0.542. The first kappa shape index (κ1) is 16.0.